The molecule has 0 unspecified atom stereocenters. The summed E-state index contributed by atoms with van der Waals surface area (Å²) in [6.07, 6.45) is 4.11. The van der Waals surface area contributed by atoms with Crippen LogP contribution in [-0.4, -0.2) is 16.4 Å². The smallest absolute Gasteiger partial charge is 0.0884 e. The number of rotatable bonds is 5. The van der Waals surface area contributed by atoms with Crippen molar-refractivity contribution in [2.24, 2.45) is 7.05 Å². The highest BCUT2D eigenvalue weighted by Crippen LogP contribution is 1.99. The topological polar surface area (TPSA) is 27.1 Å². The molecule has 1 aromatic rings. The Bertz CT molecular complexity index is 220. The molecule has 3 heteroatoms. The number of hydrogen-bond donors (Lipinski definition) is 0. The molecule has 0 N–H and O–H groups in total. The molecule has 0 atom stereocenters. The summed E-state index contributed by atoms with van der Waals surface area (Å²) in [4.78, 5) is 0. The van der Waals surface area contributed by atoms with E-state index in [2.05, 4.69) is 12.0 Å². The lowest BCUT2D eigenvalue weighted by Gasteiger charge is -2.02. The maximum atomic E-state index is 5.44. The number of nitrogens with zero attached hydrogens (tertiary/aromatic N) is 2. The first-order valence-corrected chi connectivity index (χ1v) is 4.39. The van der Waals surface area contributed by atoms with Crippen molar-refractivity contribution in [1.82, 2.24) is 9.78 Å². The second-order valence-electron chi connectivity index (χ2n) is 2.85. The fourth-order valence-corrected chi connectivity index (χ4v) is 0.966. The van der Waals surface area contributed by atoms with Crippen LogP contribution in [0, 0.1) is 0 Å². The van der Waals surface area contributed by atoms with Crippen LogP contribution >= 0.6 is 0 Å². The molecule has 68 valence electrons. The minimum atomic E-state index is 0.677. The molecule has 0 saturated carbocycles. The van der Waals surface area contributed by atoms with Crippen LogP contribution in [0.15, 0.2) is 12.3 Å². The third-order valence-electron chi connectivity index (χ3n) is 1.81. The third-order valence-corrected chi connectivity index (χ3v) is 1.81. The fraction of sp³-hybridized carbons (Fsp3) is 0.667. The van der Waals surface area contributed by atoms with Gasteiger partial charge < -0.3 is 4.74 Å². The largest absolute Gasteiger partial charge is 0.375 e. The lowest BCUT2D eigenvalue weighted by molar-refractivity contribution is 0.113. The van der Waals surface area contributed by atoms with Crippen molar-refractivity contribution >= 4 is 0 Å². The molecular formula is C9H16N2O. The van der Waals surface area contributed by atoms with Crippen molar-refractivity contribution in [3.05, 3.63) is 18.0 Å². The minimum Gasteiger partial charge on any atom is -0.375 e. The van der Waals surface area contributed by atoms with Crippen LogP contribution in [0.4, 0.5) is 0 Å². The van der Waals surface area contributed by atoms with Crippen molar-refractivity contribution in [1.29, 1.82) is 0 Å². The van der Waals surface area contributed by atoms with Gasteiger partial charge in [0.1, 0.15) is 0 Å². The average molecular weight is 168 g/mol. The molecule has 1 aromatic heterocycles. The van der Waals surface area contributed by atoms with Crippen LogP contribution in [0.3, 0.4) is 0 Å². The van der Waals surface area contributed by atoms with E-state index in [1.54, 1.807) is 6.20 Å². The van der Waals surface area contributed by atoms with Gasteiger partial charge in [0.05, 0.1) is 12.3 Å². The molecule has 0 spiro atoms. The van der Waals surface area contributed by atoms with Crippen LogP contribution < -0.4 is 0 Å². The molecule has 0 saturated heterocycles. The molecule has 1 rings (SSSR count). The van der Waals surface area contributed by atoms with Gasteiger partial charge in [-0.05, 0) is 12.5 Å². The first-order valence-electron chi connectivity index (χ1n) is 4.39. The van der Waals surface area contributed by atoms with Gasteiger partial charge in [0.15, 0.2) is 0 Å². The first-order chi connectivity index (χ1) is 5.84. The highest BCUT2D eigenvalue weighted by molar-refractivity contribution is 4.97. The lowest BCUT2D eigenvalue weighted by Crippen LogP contribution is -2.01. The number of aryl methyl sites for hydroxylation is 1. The van der Waals surface area contributed by atoms with Crippen molar-refractivity contribution in [3.63, 3.8) is 0 Å². The van der Waals surface area contributed by atoms with Crippen molar-refractivity contribution < 1.29 is 4.74 Å². The Morgan fingerprint density at radius 3 is 3.00 bits per heavy atom. The molecule has 0 fully saturated rings. The summed E-state index contributed by atoms with van der Waals surface area (Å²) in [5.74, 6) is 0. The van der Waals surface area contributed by atoms with Crippen molar-refractivity contribution in [2.45, 2.75) is 26.4 Å². The van der Waals surface area contributed by atoms with E-state index in [-0.39, 0.29) is 0 Å². The molecule has 0 amide bonds. The average Bonchev–Trinajstić information content (AvgIpc) is 2.46. The van der Waals surface area contributed by atoms with E-state index in [1.807, 2.05) is 17.8 Å². The maximum Gasteiger partial charge on any atom is 0.0884 e. The Balaban J connectivity index is 2.20. The molecule has 0 radical (unpaired) electrons. The summed E-state index contributed by atoms with van der Waals surface area (Å²) in [5, 5.41) is 4.05. The van der Waals surface area contributed by atoms with Crippen LogP contribution in [0.5, 0.6) is 0 Å². The van der Waals surface area contributed by atoms with E-state index in [0.717, 1.165) is 18.7 Å². The number of aromatic nitrogens is 2. The standard InChI is InChI=1S/C9H16N2O/c1-3-4-7-12-8-9-5-6-10-11(9)2/h5-6H,3-4,7-8H2,1-2H3. The van der Waals surface area contributed by atoms with Crippen LogP contribution in [0.25, 0.3) is 0 Å². The second kappa shape index (κ2) is 4.93. The Labute approximate surface area is 73.3 Å². The van der Waals surface area contributed by atoms with E-state index >= 15 is 0 Å². The number of unbranched alkanes of at least 4 members (excludes halogenated alkanes) is 1. The number of ether oxygens (including phenoxy) is 1. The summed E-state index contributed by atoms with van der Waals surface area (Å²) in [6, 6.07) is 1.98. The van der Waals surface area contributed by atoms with Gasteiger partial charge in [-0.1, -0.05) is 13.3 Å². The fourth-order valence-electron chi connectivity index (χ4n) is 0.966. The normalized spacial score (nSPS) is 10.5. The summed E-state index contributed by atoms with van der Waals surface area (Å²) in [7, 11) is 1.93. The summed E-state index contributed by atoms with van der Waals surface area (Å²) in [5.41, 5.74) is 1.13. The van der Waals surface area contributed by atoms with Gasteiger partial charge in [0, 0.05) is 19.9 Å². The zero-order valence-electron chi connectivity index (χ0n) is 7.79. The van der Waals surface area contributed by atoms with E-state index in [9.17, 15) is 0 Å². The lowest BCUT2D eigenvalue weighted by atomic mass is 10.4. The summed E-state index contributed by atoms with van der Waals surface area (Å²) >= 11 is 0. The van der Waals surface area contributed by atoms with Gasteiger partial charge in [0.25, 0.3) is 0 Å². The minimum absolute atomic E-state index is 0.677. The van der Waals surface area contributed by atoms with Crippen LogP contribution in [0.2, 0.25) is 0 Å². The Morgan fingerprint density at radius 2 is 2.42 bits per heavy atom. The van der Waals surface area contributed by atoms with Gasteiger partial charge in [-0.25, -0.2) is 0 Å². The Morgan fingerprint density at radius 1 is 1.58 bits per heavy atom. The molecule has 0 aliphatic heterocycles. The zero-order valence-corrected chi connectivity index (χ0v) is 7.79. The quantitative estimate of drug-likeness (QED) is 0.626. The highest BCUT2D eigenvalue weighted by atomic mass is 16.5. The monoisotopic (exact) mass is 168 g/mol. The predicted molar refractivity (Wildman–Crippen MR) is 47.8 cm³/mol. The molecular weight excluding hydrogens is 152 g/mol. The zero-order chi connectivity index (χ0) is 8.81. The van der Waals surface area contributed by atoms with E-state index in [1.165, 1.54) is 6.42 Å². The van der Waals surface area contributed by atoms with E-state index in [4.69, 9.17) is 4.74 Å². The molecule has 0 aliphatic carbocycles. The molecule has 3 nitrogen and oxygen atoms in total. The van der Waals surface area contributed by atoms with Gasteiger partial charge in [-0.15, -0.1) is 0 Å². The SMILES string of the molecule is CCCCOCc1ccnn1C. The molecule has 0 bridgehead atoms. The van der Waals surface area contributed by atoms with Gasteiger partial charge >= 0.3 is 0 Å². The summed E-state index contributed by atoms with van der Waals surface area (Å²) < 4.78 is 7.28. The number of hydrogen-bond acceptors (Lipinski definition) is 2. The van der Waals surface area contributed by atoms with Crippen LogP contribution in [0.1, 0.15) is 25.5 Å². The molecule has 1 heterocycles. The van der Waals surface area contributed by atoms with Gasteiger partial charge in [-0.3, -0.25) is 4.68 Å². The Hall–Kier alpha value is -0.830. The predicted octanol–water partition coefficient (Wildman–Crippen LogP) is 1.74. The third kappa shape index (κ3) is 2.66. The maximum absolute atomic E-state index is 5.44. The molecule has 0 aromatic carbocycles. The highest BCUT2D eigenvalue weighted by Gasteiger charge is 1.96. The van der Waals surface area contributed by atoms with Gasteiger partial charge in [0.2, 0.25) is 0 Å². The van der Waals surface area contributed by atoms with E-state index < -0.39 is 0 Å². The second-order valence-corrected chi connectivity index (χ2v) is 2.85. The molecule has 12 heavy (non-hydrogen) atoms. The summed E-state index contributed by atoms with van der Waals surface area (Å²) in [6.45, 7) is 3.69. The first kappa shape index (κ1) is 9.26. The van der Waals surface area contributed by atoms with E-state index in [0.29, 0.717) is 6.61 Å². The molecule has 0 aliphatic rings. The Kier molecular flexibility index (Phi) is 3.80. The van der Waals surface area contributed by atoms with Crippen molar-refractivity contribution in [2.75, 3.05) is 6.61 Å². The van der Waals surface area contributed by atoms with Gasteiger partial charge in [-0.2, -0.15) is 5.10 Å². The van der Waals surface area contributed by atoms with Crippen molar-refractivity contribution in [3.8, 4) is 0 Å². The van der Waals surface area contributed by atoms with Crippen LogP contribution in [-0.2, 0) is 18.4 Å².